The smallest absolute Gasteiger partial charge is 0.354 e. The Morgan fingerprint density at radius 2 is 1.15 bits per heavy atom. The number of H-pyrrole nitrogens is 2. The molecule has 4 N–H and O–H groups in total. The van der Waals surface area contributed by atoms with E-state index < -0.39 is 5.97 Å². The average molecular weight is 631 g/mol. The molecule has 13 heteroatoms. The van der Waals surface area contributed by atoms with Crippen molar-refractivity contribution in [2.75, 3.05) is 26.2 Å². The number of aromatic amines is 2. The van der Waals surface area contributed by atoms with Crippen molar-refractivity contribution in [3.63, 3.8) is 0 Å². The summed E-state index contributed by atoms with van der Waals surface area (Å²) in [4.78, 5) is 57.0. The summed E-state index contributed by atoms with van der Waals surface area (Å²) in [5, 5.41) is 28.2. The second kappa shape index (κ2) is 13.9. The molecule has 0 bridgehead atoms. The highest BCUT2D eigenvalue weighted by Crippen LogP contribution is 2.18. The Morgan fingerprint density at radius 3 is 1.66 bits per heavy atom. The molecule has 0 spiro atoms. The van der Waals surface area contributed by atoms with E-state index in [1.54, 1.807) is 30.5 Å². The molecule has 1 amide bonds. The van der Waals surface area contributed by atoms with Crippen molar-refractivity contribution in [3.05, 3.63) is 140 Å². The largest absolute Gasteiger partial charge is 0.477 e. The third-order valence-corrected chi connectivity index (χ3v) is 7.78. The number of benzene rings is 2. The molecule has 0 atom stereocenters. The van der Waals surface area contributed by atoms with E-state index in [-0.39, 0.29) is 22.7 Å². The number of carboxylic acids is 1. The molecule has 0 aliphatic carbocycles. The van der Waals surface area contributed by atoms with Crippen molar-refractivity contribution >= 4 is 33.4 Å². The minimum atomic E-state index is -1.07. The summed E-state index contributed by atoms with van der Waals surface area (Å²) in [5.41, 5.74) is 3.15. The zero-order valence-electron chi connectivity index (χ0n) is 25.1. The van der Waals surface area contributed by atoms with Gasteiger partial charge in [0.05, 0.1) is 22.2 Å². The van der Waals surface area contributed by atoms with Crippen LogP contribution < -0.4 is 16.4 Å². The van der Waals surface area contributed by atoms with E-state index in [9.17, 15) is 19.2 Å². The molecule has 0 saturated carbocycles. The van der Waals surface area contributed by atoms with Gasteiger partial charge in [0.1, 0.15) is 11.4 Å². The fraction of sp³-hybridized carbons (Fsp3) is 0.176. The number of nitrogens with one attached hydrogen (secondary N) is 3. The predicted octanol–water partition coefficient (Wildman–Crippen LogP) is 2.56. The van der Waals surface area contributed by atoms with Gasteiger partial charge in [0.2, 0.25) is 0 Å². The van der Waals surface area contributed by atoms with E-state index in [0.717, 1.165) is 40.7 Å². The number of amides is 1. The highest BCUT2D eigenvalue weighted by Gasteiger charge is 2.19. The van der Waals surface area contributed by atoms with Crippen LogP contribution in [0, 0.1) is 0 Å². The van der Waals surface area contributed by atoms with E-state index >= 15 is 0 Å². The van der Waals surface area contributed by atoms with Crippen LogP contribution in [-0.4, -0.2) is 78.4 Å². The van der Waals surface area contributed by atoms with Gasteiger partial charge in [-0.15, -0.1) is 0 Å². The molecule has 5 heterocycles. The van der Waals surface area contributed by atoms with Gasteiger partial charge < -0.3 is 15.3 Å². The molecule has 7 rings (SSSR count). The standard InChI is InChI=1S/C19H19N5O2.C15H11N3O3/c25-18-15-4-2-1-3-14(15)16(22-23-18)11-13-5-6-21-17(12-13)19(26)24-9-7-20-8-10-24;19-14-11-4-2-1-3-10(11)12(17-18-14)7-9-5-6-16-13(8-9)15(20)21/h1-6,12,20H,7-11H2,(H,23,25);1-6,8H,7H2,(H,18,19)(H,20,21). The lowest BCUT2D eigenvalue weighted by molar-refractivity contribution is 0.0688. The predicted molar refractivity (Wildman–Crippen MR) is 175 cm³/mol. The van der Waals surface area contributed by atoms with Gasteiger partial charge >= 0.3 is 5.97 Å². The molecule has 2 aromatic carbocycles. The Kier molecular flexibility index (Phi) is 9.16. The first kappa shape index (κ1) is 30.9. The van der Waals surface area contributed by atoms with Gasteiger partial charge in [0.25, 0.3) is 17.0 Å². The van der Waals surface area contributed by atoms with E-state index in [4.69, 9.17) is 5.11 Å². The summed E-state index contributed by atoms with van der Waals surface area (Å²) >= 11 is 0. The van der Waals surface area contributed by atoms with Crippen molar-refractivity contribution in [2.45, 2.75) is 12.8 Å². The third kappa shape index (κ3) is 7.10. The third-order valence-electron chi connectivity index (χ3n) is 7.78. The quantitative estimate of drug-likeness (QED) is 0.213. The Hall–Kier alpha value is -6.08. The molecular weight excluding hydrogens is 600 g/mol. The highest BCUT2D eigenvalue weighted by atomic mass is 16.4. The first-order valence-corrected chi connectivity index (χ1v) is 14.9. The lowest BCUT2D eigenvalue weighted by Gasteiger charge is -2.27. The van der Waals surface area contributed by atoms with Gasteiger partial charge in [-0.3, -0.25) is 19.4 Å². The maximum absolute atomic E-state index is 12.6. The van der Waals surface area contributed by atoms with Crippen molar-refractivity contribution in [3.8, 4) is 0 Å². The Labute approximate surface area is 267 Å². The first-order valence-electron chi connectivity index (χ1n) is 14.9. The monoisotopic (exact) mass is 630 g/mol. The van der Waals surface area contributed by atoms with Gasteiger partial charge in [0, 0.05) is 62.2 Å². The van der Waals surface area contributed by atoms with Gasteiger partial charge in [-0.2, -0.15) is 10.2 Å². The van der Waals surface area contributed by atoms with Crippen LogP contribution in [0.3, 0.4) is 0 Å². The Balaban J connectivity index is 0.000000168. The van der Waals surface area contributed by atoms with Crippen molar-refractivity contribution < 1.29 is 14.7 Å². The molecule has 236 valence electrons. The molecule has 0 radical (unpaired) electrons. The summed E-state index contributed by atoms with van der Waals surface area (Å²) in [6.45, 7) is 2.99. The van der Waals surface area contributed by atoms with Crippen LogP contribution in [0.25, 0.3) is 21.5 Å². The number of carboxylic acid groups (broad SMARTS) is 1. The van der Waals surface area contributed by atoms with Crippen LogP contribution in [-0.2, 0) is 12.8 Å². The minimum absolute atomic E-state index is 0.0127. The zero-order chi connectivity index (χ0) is 32.8. The number of fused-ring (bicyclic) bond motifs is 2. The van der Waals surface area contributed by atoms with Gasteiger partial charge in [-0.05, 0) is 47.5 Å². The van der Waals surface area contributed by atoms with E-state index in [1.165, 1.54) is 12.3 Å². The van der Waals surface area contributed by atoms with Crippen molar-refractivity contribution in [1.82, 2.24) is 40.6 Å². The number of pyridine rings is 2. The SMILES string of the molecule is O=C(O)c1cc(Cc2n[nH]c(=O)c3ccccc23)ccn1.O=C(c1cc(Cc2n[nH]c(=O)c3ccccc23)ccn1)N1CCNCC1. The number of nitrogens with zero attached hydrogens (tertiary/aromatic N) is 5. The van der Waals surface area contributed by atoms with Crippen LogP contribution in [0.15, 0.2) is 94.8 Å². The topological polar surface area (TPSA) is 187 Å². The summed E-state index contributed by atoms with van der Waals surface area (Å²) in [5.74, 6) is -1.12. The number of aromatic nitrogens is 6. The first-order chi connectivity index (χ1) is 22.9. The summed E-state index contributed by atoms with van der Waals surface area (Å²) in [6.07, 6.45) is 4.03. The molecule has 1 aliphatic rings. The van der Waals surface area contributed by atoms with Gasteiger partial charge in [-0.1, -0.05) is 36.4 Å². The van der Waals surface area contributed by atoms with Crippen LogP contribution in [0.2, 0.25) is 0 Å². The number of carbonyl (C=O) groups excluding carboxylic acids is 1. The fourth-order valence-corrected chi connectivity index (χ4v) is 5.43. The molecule has 1 aliphatic heterocycles. The second-order valence-electron chi connectivity index (χ2n) is 10.9. The van der Waals surface area contributed by atoms with E-state index in [1.807, 2.05) is 47.4 Å². The van der Waals surface area contributed by atoms with Crippen LogP contribution in [0.5, 0.6) is 0 Å². The molecule has 1 fully saturated rings. The number of piperazine rings is 1. The van der Waals surface area contributed by atoms with E-state index in [2.05, 4.69) is 35.7 Å². The maximum atomic E-state index is 12.6. The molecule has 13 nitrogen and oxygen atoms in total. The second-order valence-corrected chi connectivity index (χ2v) is 10.9. The fourth-order valence-electron chi connectivity index (χ4n) is 5.43. The Bertz CT molecular complexity index is 2210. The average Bonchev–Trinajstić information content (AvgIpc) is 3.11. The lowest BCUT2D eigenvalue weighted by Crippen LogP contribution is -2.46. The molecule has 1 saturated heterocycles. The highest BCUT2D eigenvalue weighted by molar-refractivity contribution is 5.92. The summed E-state index contributed by atoms with van der Waals surface area (Å²) in [7, 11) is 0. The van der Waals surface area contributed by atoms with Crippen LogP contribution in [0.1, 0.15) is 43.5 Å². The van der Waals surface area contributed by atoms with Gasteiger partial charge in [0.15, 0.2) is 0 Å². The molecule has 6 aromatic rings. The van der Waals surface area contributed by atoms with Crippen LogP contribution in [0.4, 0.5) is 0 Å². The minimum Gasteiger partial charge on any atom is -0.477 e. The number of aromatic carboxylic acids is 1. The van der Waals surface area contributed by atoms with Crippen molar-refractivity contribution in [2.24, 2.45) is 0 Å². The Morgan fingerprint density at radius 1 is 0.681 bits per heavy atom. The molecule has 4 aromatic heterocycles. The van der Waals surface area contributed by atoms with Crippen molar-refractivity contribution in [1.29, 1.82) is 0 Å². The molecular formula is C34H30N8O5. The van der Waals surface area contributed by atoms with Crippen LogP contribution >= 0.6 is 0 Å². The maximum Gasteiger partial charge on any atom is 0.354 e. The number of carbonyl (C=O) groups is 2. The van der Waals surface area contributed by atoms with Gasteiger partial charge in [-0.25, -0.2) is 20.0 Å². The molecule has 47 heavy (non-hydrogen) atoms. The van der Waals surface area contributed by atoms with E-state index in [0.29, 0.717) is 48.1 Å². The zero-order valence-corrected chi connectivity index (χ0v) is 25.1. The lowest BCUT2D eigenvalue weighted by atomic mass is 10.0. The number of hydrogen-bond donors (Lipinski definition) is 4. The number of hydrogen-bond acceptors (Lipinski definition) is 9. The normalized spacial score (nSPS) is 12.8. The molecule has 0 unspecified atom stereocenters. The number of rotatable bonds is 6. The summed E-state index contributed by atoms with van der Waals surface area (Å²) < 4.78 is 0. The summed E-state index contributed by atoms with van der Waals surface area (Å²) in [6, 6.07) is 21.5.